The van der Waals surface area contributed by atoms with Crippen molar-refractivity contribution < 1.29 is 13.2 Å². The van der Waals surface area contributed by atoms with E-state index < -0.39 is 10.0 Å². The van der Waals surface area contributed by atoms with Crippen LogP contribution in [0.5, 0.6) is 0 Å². The fourth-order valence-corrected chi connectivity index (χ4v) is 4.80. The number of pyridine rings is 1. The van der Waals surface area contributed by atoms with Gasteiger partial charge >= 0.3 is 0 Å². The number of benzene rings is 1. The molecule has 1 aliphatic heterocycles. The zero-order chi connectivity index (χ0) is 21.1. The Bertz CT molecular complexity index is 1130. The number of aryl methyl sites for hydroxylation is 1. The molecule has 0 radical (unpaired) electrons. The quantitative estimate of drug-likeness (QED) is 0.655. The summed E-state index contributed by atoms with van der Waals surface area (Å²) >= 11 is 0. The van der Waals surface area contributed by atoms with E-state index in [4.69, 9.17) is 0 Å². The van der Waals surface area contributed by atoms with Crippen LogP contribution in [0.15, 0.2) is 60.0 Å². The molecule has 0 spiro atoms. The van der Waals surface area contributed by atoms with E-state index in [1.54, 1.807) is 16.8 Å². The Kier molecular flexibility index (Phi) is 5.65. The zero-order valence-electron chi connectivity index (χ0n) is 16.7. The van der Waals surface area contributed by atoms with Gasteiger partial charge < -0.3 is 5.32 Å². The van der Waals surface area contributed by atoms with Gasteiger partial charge in [-0.3, -0.25) is 9.36 Å². The molecule has 2 aromatic heterocycles. The maximum absolute atomic E-state index is 12.6. The maximum atomic E-state index is 12.6. The second-order valence-corrected chi connectivity index (χ2v) is 9.07. The lowest BCUT2D eigenvalue weighted by atomic mass is 10.1. The van der Waals surface area contributed by atoms with Crippen molar-refractivity contribution in [1.29, 1.82) is 0 Å². The van der Waals surface area contributed by atoms with Crippen LogP contribution in [0.3, 0.4) is 0 Å². The number of nitrogens with zero attached hydrogens (tertiary/aromatic N) is 4. The van der Waals surface area contributed by atoms with Gasteiger partial charge in [-0.1, -0.05) is 19.1 Å². The normalized spacial score (nSPS) is 14.7. The van der Waals surface area contributed by atoms with E-state index >= 15 is 0 Å². The first-order valence-corrected chi connectivity index (χ1v) is 11.3. The van der Waals surface area contributed by atoms with Crippen molar-refractivity contribution in [1.82, 2.24) is 18.8 Å². The average molecular weight is 426 g/mol. The topological polar surface area (TPSA) is 97.2 Å². The van der Waals surface area contributed by atoms with Gasteiger partial charge in [0, 0.05) is 31.2 Å². The summed E-state index contributed by atoms with van der Waals surface area (Å²) in [5.41, 5.74) is 2.13. The lowest BCUT2D eigenvalue weighted by Crippen LogP contribution is -2.27. The summed E-state index contributed by atoms with van der Waals surface area (Å²) in [6.45, 7) is 3.17. The summed E-state index contributed by atoms with van der Waals surface area (Å²) in [6.07, 6.45) is 7.08. The van der Waals surface area contributed by atoms with Gasteiger partial charge in [-0.25, -0.2) is 18.4 Å². The monoisotopic (exact) mass is 425 g/mol. The van der Waals surface area contributed by atoms with Crippen molar-refractivity contribution in [2.45, 2.75) is 31.1 Å². The number of carbonyl (C=O) groups excluding carboxylic acids is 1. The second-order valence-electron chi connectivity index (χ2n) is 7.13. The van der Waals surface area contributed by atoms with E-state index in [2.05, 4.69) is 22.2 Å². The molecule has 0 saturated carbocycles. The van der Waals surface area contributed by atoms with E-state index in [1.165, 1.54) is 28.5 Å². The predicted octanol–water partition coefficient (Wildman–Crippen LogP) is 2.87. The Morgan fingerprint density at radius 1 is 1.07 bits per heavy atom. The minimum Gasteiger partial charge on any atom is -0.321 e. The molecule has 1 aromatic carbocycles. The highest BCUT2D eigenvalue weighted by molar-refractivity contribution is 7.89. The van der Waals surface area contributed by atoms with Crippen molar-refractivity contribution in [3.63, 3.8) is 0 Å². The van der Waals surface area contributed by atoms with Gasteiger partial charge in [0.25, 0.3) is 5.91 Å². The van der Waals surface area contributed by atoms with Crippen LogP contribution in [0, 0.1) is 0 Å². The number of aromatic nitrogens is 3. The Morgan fingerprint density at radius 2 is 1.80 bits per heavy atom. The smallest absolute Gasteiger partial charge is 0.275 e. The van der Waals surface area contributed by atoms with Crippen LogP contribution in [0.25, 0.3) is 5.82 Å². The molecule has 30 heavy (non-hydrogen) atoms. The second kappa shape index (κ2) is 8.37. The average Bonchev–Trinajstić information content (AvgIpc) is 3.47. The van der Waals surface area contributed by atoms with Gasteiger partial charge in [0.2, 0.25) is 10.0 Å². The molecule has 9 heteroatoms. The number of hydrogen-bond donors (Lipinski definition) is 1. The number of rotatable bonds is 6. The molecule has 1 fully saturated rings. The van der Waals surface area contributed by atoms with Gasteiger partial charge in [-0.05, 0) is 49.1 Å². The lowest BCUT2D eigenvalue weighted by molar-refractivity contribution is 0.102. The van der Waals surface area contributed by atoms with Gasteiger partial charge in [-0.2, -0.15) is 4.31 Å². The Labute approximate surface area is 175 Å². The number of imidazole rings is 1. The third-order valence-corrected chi connectivity index (χ3v) is 7.01. The van der Waals surface area contributed by atoms with Crippen LogP contribution >= 0.6 is 0 Å². The van der Waals surface area contributed by atoms with E-state index in [0.717, 1.165) is 19.3 Å². The number of nitrogens with one attached hydrogen (secondary N) is 1. The molecule has 8 nitrogen and oxygen atoms in total. The molecule has 4 rings (SSSR count). The molecule has 1 amide bonds. The lowest BCUT2D eigenvalue weighted by Gasteiger charge is -2.15. The van der Waals surface area contributed by atoms with Gasteiger partial charge in [-0.15, -0.1) is 0 Å². The third kappa shape index (κ3) is 4.12. The van der Waals surface area contributed by atoms with Gasteiger partial charge in [0.1, 0.15) is 22.7 Å². The molecule has 1 saturated heterocycles. The molecule has 0 atom stereocenters. The van der Waals surface area contributed by atoms with Gasteiger partial charge in [0.05, 0.1) is 0 Å². The number of carbonyl (C=O) groups is 1. The summed E-state index contributed by atoms with van der Waals surface area (Å²) in [6, 6.07) is 10.8. The highest BCUT2D eigenvalue weighted by atomic mass is 32.2. The molecule has 156 valence electrons. The molecule has 0 bridgehead atoms. The maximum Gasteiger partial charge on any atom is 0.275 e. The zero-order valence-corrected chi connectivity index (χ0v) is 17.5. The standard InChI is InChI=1S/C21H23N5O3S/c1-2-16-5-7-17(8-6-16)24-21(27)19-14-25(15-23-19)20-10-9-18(13-22-20)30(28,29)26-11-3-4-12-26/h5-10,13-15H,2-4,11-12H2,1H3,(H,24,27). The predicted molar refractivity (Wildman–Crippen MR) is 113 cm³/mol. The Hall–Kier alpha value is -3.04. The number of sulfonamides is 1. The SMILES string of the molecule is CCc1ccc(NC(=O)c2cn(-c3ccc(S(=O)(=O)N4CCCC4)cn3)cn2)cc1. The van der Waals surface area contributed by atoms with Crippen LogP contribution in [-0.4, -0.2) is 46.3 Å². The van der Waals surface area contributed by atoms with E-state index in [1.807, 2.05) is 24.3 Å². The molecular formula is C21H23N5O3S. The van der Waals surface area contributed by atoms with Crippen molar-refractivity contribution >= 4 is 21.6 Å². The van der Waals surface area contributed by atoms with Crippen LogP contribution in [0.1, 0.15) is 35.8 Å². The summed E-state index contributed by atoms with van der Waals surface area (Å²) in [4.78, 5) is 21.0. The molecule has 1 aliphatic rings. The summed E-state index contributed by atoms with van der Waals surface area (Å²) < 4.78 is 28.3. The van der Waals surface area contributed by atoms with Crippen molar-refractivity contribution in [2.24, 2.45) is 0 Å². The van der Waals surface area contributed by atoms with E-state index in [0.29, 0.717) is 24.6 Å². The molecule has 3 aromatic rings. The molecule has 0 unspecified atom stereocenters. The Balaban J connectivity index is 1.47. The summed E-state index contributed by atoms with van der Waals surface area (Å²) in [5, 5.41) is 2.81. The van der Waals surface area contributed by atoms with Crippen molar-refractivity contribution in [3.8, 4) is 5.82 Å². The first kappa shape index (κ1) is 20.2. The number of anilines is 1. The van der Waals surface area contributed by atoms with Crippen LogP contribution in [-0.2, 0) is 16.4 Å². The summed E-state index contributed by atoms with van der Waals surface area (Å²) in [7, 11) is -3.50. The molecule has 1 N–H and O–H groups in total. The van der Waals surface area contributed by atoms with Crippen molar-refractivity contribution in [2.75, 3.05) is 18.4 Å². The van der Waals surface area contributed by atoms with E-state index in [-0.39, 0.29) is 16.5 Å². The highest BCUT2D eigenvalue weighted by Gasteiger charge is 2.27. The van der Waals surface area contributed by atoms with Crippen LogP contribution in [0.2, 0.25) is 0 Å². The van der Waals surface area contributed by atoms with Crippen LogP contribution in [0.4, 0.5) is 5.69 Å². The minimum atomic E-state index is -3.50. The molecular weight excluding hydrogens is 402 g/mol. The molecule has 0 aliphatic carbocycles. The summed E-state index contributed by atoms with van der Waals surface area (Å²) in [5.74, 6) is 0.153. The largest absolute Gasteiger partial charge is 0.321 e. The fourth-order valence-electron chi connectivity index (χ4n) is 3.34. The first-order valence-electron chi connectivity index (χ1n) is 9.88. The number of amides is 1. The number of hydrogen-bond acceptors (Lipinski definition) is 5. The highest BCUT2D eigenvalue weighted by Crippen LogP contribution is 2.21. The van der Waals surface area contributed by atoms with Crippen molar-refractivity contribution in [3.05, 3.63) is 66.4 Å². The first-order chi connectivity index (χ1) is 14.5. The fraction of sp³-hybridized carbons (Fsp3) is 0.286. The Morgan fingerprint density at radius 3 is 2.43 bits per heavy atom. The molecule has 3 heterocycles. The third-order valence-electron chi connectivity index (χ3n) is 5.12. The van der Waals surface area contributed by atoms with E-state index in [9.17, 15) is 13.2 Å². The van der Waals surface area contributed by atoms with Gasteiger partial charge in [0.15, 0.2) is 0 Å². The van der Waals surface area contributed by atoms with Crippen LogP contribution < -0.4 is 5.32 Å². The minimum absolute atomic E-state index is 0.168.